The molecule has 4 nitrogen and oxygen atoms in total. The van der Waals surface area contributed by atoms with Gasteiger partial charge in [0.1, 0.15) is 0 Å². The number of aromatic nitrogens is 1. The van der Waals surface area contributed by atoms with Gasteiger partial charge in [-0.1, -0.05) is 50.8 Å². The summed E-state index contributed by atoms with van der Waals surface area (Å²) in [5, 5.41) is 13.5. The molecule has 36 heavy (non-hydrogen) atoms. The molecule has 0 fully saturated rings. The van der Waals surface area contributed by atoms with Gasteiger partial charge in [0, 0.05) is 41.0 Å². The first-order chi connectivity index (χ1) is 17.1. The van der Waals surface area contributed by atoms with Crippen molar-refractivity contribution in [2.75, 3.05) is 5.32 Å². The molecule has 2 N–H and O–H groups in total. The second-order valence-electron chi connectivity index (χ2n) is 8.89. The molecule has 0 spiro atoms. The molecule has 0 saturated carbocycles. The maximum Gasteiger partial charge on any atom is 0.255 e. The van der Waals surface area contributed by atoms with E-state index in [1.807, 2.05) is 25.3 Å². The van der Waals surface area contributed by atoms with Crippen LogP contribution in [0.25, 0.3) is 0 Å². The fourth-order valence-corrected chi connectivity index (χ4v) is 4.23. The molecule has 0 aliphatic rings. The fourth-order valence-electron chi connectivity index (χ4n) is 3.90. The standard InChI is InChI=1S/C15H25NO.C13H8ClF2NOS/c1-4-6-9-14(5-2)15(3,17)11-13-8-7-10-16-12-13;14-9-3-1-7(5-12(9)19)13(18)17-8-2-4-10(15)11(16)6-8/h7-8,10,12,14,17H,4-6,9,11H2,1-3H3;1-6,19H,(H,17,18). The van der Waals surface area contributed by atoms with Gasteiger partial charge in [-0.05, 0) is 61.2 Å². The molecule has 3 rings (SSSR count). The maximum atomic E-state index is 13.0. The van der Waals surface area contributed by atoms with Gasteiger partial charge in [0.05, 0.1) is 10.6 Å². The Hall–Kier alpha value is -2.48. The van der Waals surface area contributed by atoms with Gasteiger partial charge in [-0.15, -0.1) is 12.6 Å². The van der Waals surface area contributed by atoms with Crippen LogP contribution in [0, 0.1) is 17.6 Å². The van der Waals surface area contributed by atoms with Crippen LogP contribution < -0.4 is 5.32 Å². The summed E-state index contributed by atoms with van der Waals surface area (Å²) in [7, 11) is 0. The fraction of sp³-hybridized carbons (Fsp3) is 0.357. The van der Waals surface area contributed by atoms with E-state index in [0.717, 1.165) is 30.5 Å². The largest absolute Gasteiger partial charge is 0.390 e. The third kappa shape index (κ3) is 9.19. The number of nitrogens with one attached hydrogen (secondary N) is 1. The normalized spacial score (nSPS) is 13.2. The van der Waals surface area contributed by atoms with Crippen LogP contribution in [-0.4, -0.2) is 21.6 Å². The van der Waals surface area contributed by atoms with Crippen LogP contribution in [-0.2, 0) is 6.42 Å². The van der Waals surface area contributed by atoms with E-state index in [1.54, 1.807) is 6.20 Å². The summed E-state index contributed by atoms with van der Waals surface area (Å²) in [6, 6.07) is 11.6. The average Bonchev–Trinajstić information content (AvgIpc) is 2.84. The van der Waals surface area contributed by atoms with Crippen LogP contribution in [0.4, 0.5) is 14.5 Å². The van der Waals surface area contributed by atoms with E-state index in [2.05, 4.69) is 36.8 Å². The van der Waals surface area contributed by atoms with Gasteiger partial charge >= 0.3 is 0 Å². The number of carbonyl (C=O) groups excluding carboxylic acids is 1. The van der Waals surface area contributed by atoms with E-state index in [9.17, 15) is 18.7 Å². The number of carbonyl (C=O) groups is 1. The van der Waals surface area contributed by atoms with Crippen LogP contribution in [0.15, 0.2) is 65.8 Å². The van der Waals surface area contributed by atoms with Crippen molar-refractivity contribution in [2.45, 2.75) is 63.4 Å². The minimum absolute atomic E-state index is 0.166. The highest BCUT2D eigenvalue weighted by Gasteiger charge is 2.30. The Kier molecular flexibility index (Phi) is 11.8. The third-order valence-corrected chi connectivity index (χ3v) is 6.78. The summed E-state index contributed by atoms with van der Waals surface area (Å²) in [6.45, 7) is 6.32. The highest BCUT2D eigenvalue weighted by Crippen LogP contribution is 2.29. The maximum absolute atomic E-state index is 13.0. The molecule has 8 heteroatoms. The topological polar surface area (TPSA) is 62.2 Å². The van der Waals surface area contributed by atoms with Crippen LogP contribution >= 0.6 is 24.2 Å². The molecule has 1 aromatic heterocycles. The van der Waals surface area contributed by atoms with Crippen molar-refractivity contribution >= 4 is 35.8 Å². The predicted molar refractivity (Wildman–Crippen MR) is 145 cm³/mol. The van der Waals surface area contributed by atoms with Crippen LogP contribution in [0.5, 0.6) is 0 Å². The average molecular weight is 535 g/mol. The molecule has 3 aromatic rings. The number of nitrogens with zero attached hydrogens (tertiary/aromatic N) is 1. The number of rotatable bonds is 9. The predicted octanol–water partition coefficient (Wildman–Crippen LogP) is 7.75. The molecular weight excluding hydrogens is 502 g/mol. The van der Waals surface area contributed by atoms with Crippen molar-refractivity contribution in [2.24, 2.45) is 5.92 Å². The Morgan fingerprint density at radius 2 is 1.92 bits per heavy atom. The quantitative estimate of drug-likeness (QED) is 0.246. The number of aliphatic hydroxyl groups is 1. The summed E-state index contributed by atoms with van der Waals surface area (Å²) in [6.07, 6.45) is 8.85. The van der Waals surface area contributed by atoms with E-state index in [-0.39, 0.29) is 5.69 Å². The number of thiol groups is 1. The summed E-state index contributed by atoms with van der Waals surface area (Å²) >= 11 is 9.88. The van der Waals surface area contributed by atoms with Gasteiger partial charge < -0.3 is 10.4 Å². The molecule has 0 bridgehead atoms. The Bertz CT molecular complexity index is 1130. The first-order valence-electron chi connectivity index (χ1n) is 11.9. The molecule has 2 aromatic carbocycles. The number of benzene rings is 2. The molecule has 0 saturated heterocycles. The first kappa shape index (κ1) is 29.7. The molecule has 1 heterocycles. The van der Waals surface area contributed by atoms with Gasteiger partial charge in [0.15, 0.2) is 11.6 Å². The molecule has 2 unspecified atom stereocenters. The lowest BCUT2D eigenvalue weighted by Gasteiger charge is -2.32. The minimum Gasteiger partial charge on any atom is -0.390 e. The van der Waals surface area contributed by atoms with Crippen molar-refractivity contribution in [1.29, 1.82) is 0 Å². The van der Waals surface area contributed by atoms with E-state index in [4.69, 9.17) is 11.6 Å². The van der Waals surface area contributed by atoms with E-state index < -0.39 is 23.1 Å². The Balaban J connectivity index is 0.000000255. The highest BCUT2D eigenvalue weighted by molar-refractivity contribution is 7.80. The summed E-state index contributed by atoms with van der Waals surface area (Å²) in [4.78, 5) is 16.4. The van der Waals surface area contributed by atoms with Crippen molar-refractivity contribution < 1.29 is 18.7 Å². The Morgan fingerprint density at radius 1 is 1.17 bits per heavy atom. The molecule has 1 amide bonds. The van der Waals surface area contributed by atoms with Gasteiger partial charge in [0.25, 0.3) is 5.91 Å². The van der Waals surface area contributed by atoms with Gasteiger partial charge in [-0.3, -0.25) is 9.78 Å². The van der Waals surface area contributed by atoms with Crippen molar-refractivity contribution in [3.05, 3.63) is 88.7 Å². The number of anilines is 1. The van der Waals surface area contributed by atoms with Gasteiger partial charge in [0.2, 0.25) is 0 Å². The summed E-state index contributed by atoms with van der Waals surface area (Å²) < 4.78 is 25.7. The lowest BCUT2D eigenvalue weighted by atomic mass is 9.79. The zero-order chi connectivity index (χ0) is 26.7. The second-order valence-corrected chi connectivity index (χ2v) is 9.78. The smallest absolute Gasteiger partial charge is 0.255 e. The van der Waals surface area contributed by atoms with Crippen LogP contribution in [0.3, 0.4) is 0 Å². The summed E-state index contributed by atoms with van der Waals surface area (Å²) in [5.74, 6) is -2.08. The Labute approximate surface area is 222 Å². The lowest BCUT2D eigenvalue weighted by Crippen LogP contribution is -2.36. The first-order valence-corrected chi connectivity index (χ1v) is 12.8. The summed E-state index contributed by atoms with van der Waals surface area (Å²) in [5.41, 5.74) is 0.985. The van der Waals surface area contributed by atoms with E-state index in [0.29, 0.717) is 27.8 Å². The molecule has 0 radical (unpaired) electrons. The van der Waals surface area contributed by atoms with Crippen LogP contribution in [0.2, 0.25) is 5.02 Å². The lowest BCUT2D eigenvalue weighted by molar-refractivity contribution is -0.00696. The number of hydrogen-bond donors (Lipinski definition) is 3. The molecule has 0 aliphatic heterocycles. The molecule has 194 valence electrons. The monoisotopic (exact) mass is 534 g/mol. The molecule has 0 aliphatic carbocycles. The van der Waals surface area contributed by atoms with E-state index >= 15 is 0 Å². The number of amides is 1. The number of hydrogen-bond acceptors (Lipinski definition) is 4. The van der Waals surface area contributed by atoms with E-state index in [1.165, 1.54) is 37.1 Å². The third-order valence-electron chi connectivity index (χ3n) is 5.95. The Morgan fingerprint density at radius 3 is 2.50 bits per heavy atom. The van der Waals surface area contributed by atoms with Crippen molar-refractivity contribution in [3.8, 4) is 0 Å². The van der Waals surface area contributed by atoms with Gasteiger partial charge in [-0.2, -0.15) is 0 Å². The van der Waals surface area contributed by atoms with Crippen LogP contribution in [0.1, 0.15) is 62.4 Å². The molecule has 2 atom stereocenters. The zero-order valence-corrected chi connectivity index (χ0v) is 22.4. The minimum atomic E-state index is -1.02. The molecular formula is C28H33ClF2N2O2S. The SMILES string of the molecule is CCCCC(CC)C(C)(O)Cc1cccnc1.O=C(Nc1ccc(F)c(F)c1)c1ccc(Cl)c(S)c1. The van der Waals surface area contributed by atoms with Crippen molar-refractivity contribution in [1.82, 2.24) is 4.98 Å². The number of pyridine rings is 1. The zero-order valence-electron chi connectivity index (χ0n) is 20.8. The highest BCUT2D eigenvalue weighted by atomic mass is 35.5. The number of halogens is 3. The number of unbranched alkanes of at least 4 members (excludes halogenated alkanes) is 1. The van der Waals surface area contributed by atoms with Gasteiger partial charge in [-0.25, -0.2) is 8.78 Å². The second kappa shape index (κ2) is 14.3. The van der Waals surface area contributed by atoms with Crippen molar-refractivity contribution in [3.63, 3.8) is 0 Å².